The first kappa shape index (κ1) is 13.2. The summed E-state index contributed by atoms with van der Waals surface area (Å²) in [6.45, 7) is 3.85. The van der Waals surface area contributed by atoms with Crippen molar-refractivity contribution in [3.63, 3.8) is 0 Å². The van der Waals surface area contributed by atoms with E-state index in [1.807, 2.05) is 6.07 Å². The highest BCUT2D eigenvalue weighted by Gasteiger charge is 2.20. The Balaban J connectivity index is 1.90. The molecule has 0 aliphatic carbocycles. The lowest BCUT2D eigenvalue weighted by molar-refractivity contribution is 0.248. The van der Waals surface area contributed by atoms with Crippen LogP contribution in [0, 0.1) is 0 Å². The molecular weight excluding hydrogens is 226 g/mol. The summed E-state index contributed by atoms with van der Waals surface area (Å²) in [5.74, 6) is 1.38. The van der Waals surface area contributed by atoms with Gasteiger partial charge in [-0.05, 0) is 51.5 Å². The maximum Gasteiger partial charge on any atom is 0.148 e. The predicted molar refractivity (Wildman–Crippen MR) is 73.7 cm³/mol. The smallest absolute Gasteiger partial charge is 0.148 e. The standard InChI is InChI=1S/C13H23N5/c1-18-9-2-4-11(10-18)12-5-6-13(17-16-12)15-8-3-7-14/h5-6,11H,2-4,7-10,14H2,1H3,(H,15,17). The van der Waals surface area contributed by atoms with Crippen molar-refractivity contribution in [2.45, 2.75) is 25.2 Å². The molecule has 1 saturated heterocycles. The third-order valence-corrected chi connectivity index (χ3v) is 3.41. The van der Waals surface area contributed by atoms with Gasteiger partial charge in [0.25, 0.3) is 0 Å². The van der Waals surface area contributed by atoms with E-state index in [4.69, 9.17) is 5.73 Å². The van der Waals surface area contributed by atoms with E-state index in [1.54, 1.807) is 0 Å². The molecule has 100 valence electrons. The normalized spacial score (nSPS) is 20.9. The lowest BCUT2D eigenvalue weighted by Gasteiger charge is -2.28. The number of nitrogens with zero attached hydrogens (tertiary/aromatic N) is 3. The van der Waals surface area contributed by atoms with E-state index in [0.29, 0.717) is 12.5 Å². The molecule has 5 nitrogen and oxygen atoms in total. The highest BCUT2D eigenvalue weighted by atomic mass is 15.2. The summed E-state index contributed by atoms with van der Waals surface area (Å²) in [5.41, 5.74) is 6.56. The summed E-state index contributed by atoms with van der Waals surface area (Å²) in [5, 5.41) is 11.8. The van der Waals surface area contributed by atoms with Crippen molar-refractivity contribution >= 4 is 5.82 Å². The fraction of sp³-hybridized carbons (Fsp3) is 0.692. The topological polar surface area (TPSA) is 67.1 Å². The van der Waals surface area contributed by atoms with E-state index in [2.05, 4.69) is 33.5 Å². The maximum absolute atomic E-state index is 5.45. The van der Waals surface area contributed by atoms with Crippen LogP contribution in [0.15, 0.2) is 12.1 Å². The molecule has 1 atom stereocenters. The molecule has 1 aromatic rings. The number of rotatable bonds is 5. The molecule has 1 aromatic heterocycles. The Bertz CT molecular complexity index is 351. The van der Waals surface area contributed by atoms with Crippen molar-refractivity contribution in [1.29, 1.82) is 0 Å². The second kappa shape index (κ2) is 6.66. The lowest BCUT2D eigenvalue weighted by Crippen LogP contribution is -2.31. The van der Waals surface area contributed by atoms with Gasteiger partial charge in [0, 0.05) is 19.0 Å². The molecule has 1 aliphatic heterocycles. The number of nitrogens with two attached hydrogens (primary N) is 1. The molecule has 0 spiro atoms. The number of likely N-dealkylation sites (tertiary alicyclic amines) is 1. The minimum absolute atomic E-state index is 0.536. The molecule has 2 rings (SSSR count). The molecule has 0 radical (unpaired) electrons. The van der Waals surface area contributed by atoms with Crippen molar-refractivity contribution in [2.75, 3.05) is 38.5 Å². The van der Waals surface area contributed by atoms with Gasteiger partial charge >= 0.3 is 0 Å². The first-order valence-corrected chi connectivity index (χ1v) is 6.75. The van der Waals surface area contributed by atoms with Gasteiger partial charge in [-0.1, -0.05) is 0 Å². The van der Waals surface area contributed by atoms with E-state index in [9.17, 15) is 0 Å². The van der Waals surface area contributed by atoms with Gasteiger partial charge in [-0.15, -0.1) is 5.10 Å². The Labute approximate surface area is 109 Å². The first-order chi connectivity index (χ1) is 8.79. The average Bonchev–Trinajstić information content (AvgIpc) is 2.40. The number of anilines is 1. The summed E-state index contributed by atoms with van der Waals surface area (Å²) in [6.07, 6.45) is 3.43. The van der Waals surface area contributed by atoms with Gasteiger partial charge in [0.2, 0.25) is 0 Å². The molecule has 1 fully saturated rings. The van der Waals surface area contributed by atoms with Crippen molar-refractivity contribution < 1.29 is 0 Å². The Morgan fingerprint density at radius 2 is 2.33 bits per heavy atom. The van der Waals surface area contributed by atoms with E-state index in [1.165, 1.54) is 19.4 Å². The molecule has 3 N–H and O–H groups in total. The zero-order valence-electron chi connectivity index (χ0n) is 11.1. The number of aromatic nitrogens is 2. The zero-order valence-corrected chi connectivity index (χ0v) is 11.1. The third kappa shape index (κ3) is 3.65. The minimum Gasteiger partial charge on any atom is -0.369 e. The lowest BCUT2D eigenvalue weighted by atomic mass is 9.95. The molecule has 2 heterocycles. The van der Waals surface area contributed by atoms with Crippen LogP contribution in [0.2, 0.25) is 0 Å². The molecule has 1 aliphatic rings. The zero-order chi connectivity index (χ0) is 12.8. The highest BCUT2D eigenvalue weighted by Crippen LogP contribution is 2.24. The van der Waals surface area contributed by atoms with Crippen LogP contribution < -0.4 is 11.1 Å². The van der Waals surface area contributed by atoms with E-state index < -0.39 is 0 Å². The Morgan fingerprint density at radius 1 is 1.44 bits per heavy atom. The van der Waals surface area contributed by atoms with Crippen LogP contribution in [-0.2, 0) is 0 Å². The molecule has 0 bridgehead atoms. The van der Waals surface area contributed by atoms with Gasteiger partial charge in [0.1, 0.15) is 5.82 Å². The quantitative estimate of drug-likeness (QED) is 0.763. The fourth-order valence-electron chi connectivity index (χ4n) is 2.38. The van der Waals surface area contributed by atoms with Crippen molar-refractivity contribution in [3.05, 3.63) is 17.8 Å². The van der Waals surface area contributed by atoms with Gasteiger partial charge < -0.3 is 16.0 Å². The molecule has 0 aromatic carbocycles. The first-order valence-electron chi connectivity index (χ1n) is 6.75. The van der Waals surface area contributed by atoms with Crippen LogP contribution >= 0.6 is 0 Å². The minimum atomic E-state index is 0.536. The second-order valence-corrected chi connectivity index (χ2v) is 5.01. The van der Waals surface area contributed by atoms with E-state index in [0.717, 1.165) is 31.0 Å². The molecule has 0 saturated carbocycles. The van der Waals surface area contributed by atoms with Gasteiger partial charge in [-0.2, -0.15) is 5.10 Å². The van der Waals surface area contributed by atoms with E-state index >= 15 is 0 Å². The number of hydrogen-bond donors (Lipinski definition) is 2. The summed E-state index contributed by atoms with van der Waals surface area (Å²) in [6, 6.07) is 4.12. The maximum atomic E-state index is 5.45. The molecule has 5 heteroatoms. The summed E-state index contributed by atoms with van der Waals surface area (Å²) in [4.78, 5) is 2.36. The second-order valence-electron chi connectivity index (χ2n) is 5.01. The van der Waals surface area contributed by atoms with Crippen molar-refractivity contribution in [2.24, 2.45) is 5.73 Å². The third-order valence-electron chi connectivity index (χ3n) is 3.41. The number of nitrogens with one attached hydrogen (secondary N) is 1. The average molecular weight is 249 g/mol. The molecule has 0 amide bonds. The molecular formula is C13H23N5. The Morgan fingerprint density at radius 3 is 3.00 bits per heavy atom. The van der Waals surface area contributed by atoms with Crippen LogP contribution in [0.5, 0.6) is 0 Å². The van der Waals surface area contributed by atoms with Crippen LogP contribution in [0.4, 0.5) is 5.82 Å². The number of hydrogen-bond acceptors (Lipinski definition) is 5. The van der Waals surface area contributed by atoms with Crippen molar-refractivity contribution in [3.8, 4) is 0 Å². The van der Waals surface area contributed by atoms with Gasteiger partial charge in [-0.25, -0.2) is 0 Å². The fourth-order valence-corrected chi connectivity index (χ4v) is 2.38. The van der Waals surface area contributed by atoms with Crippen LogP contribution in [-0.4, -0.2) is 48.3 Å². The van der Waals surface area contributed by atoms with Crippen molar-refractivity contribution in [1.82, 2.24) is 15.1 Å². The summed E-state index contributed by atoms with van der Waals surface area (Å²) < 4.78 is 0. The Hall–Kier alpha value is -1.20. The van der Waals surface area contributed by atoms with Gasteiger partial charge in [-0.3, -0.25) is 0 Å². The summed E-state index contributed by atoms with van der Waals surface area (Å²) in [7, 11) is 2.17. The molecule has 1 unspecified atom stereocenters. The molecule has 18 heavy (non-hydrogen) atoms. The summed E-state index contributed by atoms with van der Waals surface area (Å²) >= 11 is 0. The largest absolute Gasteiger partial charge is 0.369 e. The van der Waals surface area contributed by atoms with E-state index in [-0.39, 0.29) is 0 Å². The van der Waals surface area contributed by atoms with Gasteiger partial charge in [0.15, 0.2) is 0 Å². The SMILES string of the molecule is CN1CCCC(c2ccc(NCCCN)nn2)C1. The number of piperidine rings is 1. The Kier molecular flexibility index (Phi) is 4.90. The predicted octanol–water partition coefficient (Wildman–Crippen LogP) is 1.05. The monoisotopic (exact) mass is 249 g/mol. The highest BCUT2D eigenvalue weighted by molar-refractivity contribution is 5.33. The van der Waals surface area contributed by atoms with Crippen LogP contribution in [0.1, 0.15) is 30.9 Å². The number of likely N-dealkylation sites (N-methyl/N-ethyl adjacent to an activating group) is 1. The van der Waals surface area contributed by atoms with Gasteiger partial charge in [0.05, 0.1) is 5.69 Å². The van der Waals surface area contributed by atoms with Crippen LogP contribution in [0.3, 0.4) is 0 Å². The van der Waals surface area contributed by atoms with Crippen LogP contribution in [0.25, 0.3) is 0 Å².